The summed E-state index contributed by atoms with van der Waals surface area (Å²) in [6, 6.07) is 0. The van der Waals surface area contributed by atoms with Crippen LogP contribution in [0.15, 0.2) is 0 Å². The molecule has 6 N–H and O–H groups in total. The van der Waals surface area contributed by atoms with Gasteiger partial charge >= 0.3 is 0 Å². The van der Waals surface area contributed by atoms with Gasteiger partial charge in [-0.25, -0.2) is 0 Å². The molecule has 0 aliphatic rings. The Morgan fingerprint density at radius 1 is 0.373 bits per heavy atom. The van der Waals surface area contributed by atoms with Crippen LogP contribution in [0.1, 0.15) is 407 Å². The van der Waals surface area contributed by atoms with Gasteiger partial charge in [-0.2, -0.15) is 0 Å². The third-order valence-corrected chi connectivity index (χ3v) is 18.4. The molecule has 0 radical (unpaired) electrons. The maximum atomic E-state index is 15.2. The van der Waals surface area contributed by atoms with Crippen molar-refractivity contribution in [3.05, 3.63) is 0 Å². The minimum atomic E-state index is -2.01. The van der Waals surface area contributed by atoms with Crippen LogP contribution < -0.4 is 5.73 Å². The van der Waals surface area contributed by atoms with Crippen LogP contribution >= 0.6 is 34.8 Å². The Bertz CT molecular complexity index is 1340. The lowest BCUT2D eigenvalue weighted by atomic mass is 9.67. The summed E-state index contributed by atoms with van der Waals surface area (Å²) in [5, 5.41) is 46.8. The highest BCUT2D eigenvalue weighted by molar-refractivity contribution is 6.76. The number of carbonyl (C=O) groups excluding carboxylic acids is 2. The van der Waals surface area contributed by atoms with E-state index >= 15 is 4.79 Å². The summed E-state index contributed by atoms with van der Waals surface area (Å²) < 4.78 is 5.04. The molecule has 0 aromatic carbocycles. The number of aliphatic hydroxyl groups excluding tert-OH is 3. The van der Waals surface area contributed by atoms with Crippen molar-refractivity contribution in [3.8, 4) is 0 Å². The number of halogens is 3. The van der Waals surface area contributed by atoms with Gasteiger partial charge in [-0.05, 0) is 32.1 Å². The maximum Gasteiger partial charge on any atom is 0.269 e. The number of amides is 1. The summed E-state index contributed by atoms with van der Waals surface area (Å²) in [6.45, 7) is 8.80. The number of hydrogen-bond donors (Lipinski definition) is 5. The summed E-state index contributed by atoms with van der Waals surface area (Å²) >= 11 is 14.8. The maximum absolute atomic E-state index is 15.2. The fraction of sp³-hybridized carbons (Fsp3) is 0.972. The van der Waals surface area contributed by atoms with Gasteiger partial charge in [-0.1, -0.05) is 403 Å². The van der Waals surface area contributed by atoms with Gasteiger partial charge in [0.25, 0.3) is 9.70 Å². The zero-order valence-corrected chi connectivity index (χ0v) is 57.8. The monoisotopic (exact) mass is 1240 g/mol. The third-order valence-electron chi connectivity index (χ3n) is 17.9. The second-order valence-corrected chi connectivity index (χ2v) is 28.0. The lowest BCUT2D eigenvalue weighted by Crippen LogP contribution is -2.69. The average molecular weight is 1240 g/mol. The molecule has 83 heavy (non-hydrogen) atoms. The van der Waals surface area contributed by atoms with Crippen LogP contribution in [0.4, 0.5) is 0 Å². The first-order valence-corrected chi connectivity index (χ1v) is 37.6. The van der Waals surface area contributed by atoms with Crippen molar-refractivity contribution in [1.82, 2.24) is 0 Å². The molecule has 0 heterocycles. The first kappa shape index (κ1) is 84.9. The van der Waals surface area contributed by atoms with Crippen molar-refractivity contribution in [3.63, 3.8) is 0 Å². The van der Waals surface area contributed by atoms with Gasteiger partial charge in [0.2, 0.25) is 0 Å². The number of ether oxygens (including phenoxy) is 1. The average Bonchev–Trinajstić information content (AvgIpc) is 1.98. The predicted molar refractivity (Wildman–Crippen MR) is 362 cm³/mol. The highest BCUT2D eigenvalue weighted by Crippen LogP contribution is 2.42. The van der Waals surface area contributed by atoms with Gasteiger partial charge in [0.05, 0.1) is 6.61 Å². The van der Waals surface area contributed by atoms with E-state index in [2.05, 4.69) is 33.4 Å². The van der Waals surface area contributed by atoms with Crippen LogP contribution in [0.25, 0.3) is 0 Å². The number of unbranched alkanes of at least 4 members (excludes halogenated alkanes) is 52. The number of carbonyl (C=O) groups is 2. The highest BCUT2D eigenvalue weighted by Gasteiger charge is 2.60. The van der Waals surface area contributed by atoms with E-state index in [9.17, 15) is 25.2 Å². The molecule has 0 aromatic rings. The number of hydrogen-bond acceptors (Lipinski definition) is 7. The van der Waals surface area contributed by atoms with Crippen LogP contribution in [0.2, 0.25) is 0 Å². The Kier molecular flexibility index (Phi) is 64.8. The first-order chi connectivity index (χ1) is 40.2. The lowest BCUT2D eigenvalue weighted by molar-refractivity contribution is -0.244. The smallest absolute Gasteiger partial charge is 0.269 e. The largest absolute Gasteiger partial charge is 0.394 e. The molecule has 0 rings (SSSR count). The van der Waals surface area contributed by atoms with E-state index in [1.54, 1.807) is 0 Å². The van der Waals surface area contributed by atoms with Crippen LogP contribution in [0, 0.1) is 0 Å². The molecule has 3 unspecified atom stereocenters. The van der Waals surface area contributed by atoms with E-state index in [4.69, 9.17) is 39.5 Å². The van der Waals surface area contributed by atoms with E-state index in [0.717, 1.165) is 77.0 Å². The number of Topliss-reactive ketones (excluding diaryl/α,β-unsaturated/α-hetero) is 1. The van der Waals surface area contributed by atoms with Crippen molar-refractivity contribution in [2.24, 2.45) is 5.73 Å². The molecule has 0 fully saturated rings. The van der Waals surface area contributed by atoms with E-state index in [-0.39, 0.29) is 12.2 Å². The van der Waals surface area contributed by atoms with Crippen LogP contribution in [0.3, 0.4) is 0 Å². The SMILES string of the molecule is CCCCCCCCCCCCCCCCO[C@@](CCCCCCCCCCCCCCCC)(C(=O)CCCCCCCCCCCCCCCC)C(O)(CCCCCCCCCCCCCCCC)C(O)C(O)CO.NC(=O)C(Cl)(Cl)Cl. The fourth-order valence-electron chi connectivity index (χ4n) is 12.3. The summed E-state index contributed by atoms with van der Waals surface area (Å²) in [5.74, 6) is -1.07. The second kappa shape index (κ2) is 63.4. The van der Waals surface area contributed by atoms with Crippen molar-refractivity contribution in [1.29, 1.82) is 0 Å². The van der Waals surface area contributed by atoms with Gasteiger partial charge in [-0.3, -0.25) is 9.59 Å². The molecule has 0 spiro atoms. The highest BCUT2D eigenvalue weighted by atomic mass is 35.6. The molecule has 0 bridgehead atoms. The predicted octanol–water partition coefficient (Wildman–Crippen LogP) is 22.7. The lowest BCUT2D eigenvalue weighted by Gasteiger charge is -2.49. The van der Waals surface area contributed by atoms with Gasteiger partial charge in [0.15, 0.2) is 11.4 Å². The molecule has 0 aromatic heterocycles. The van der Waals surface area contributed by atoms with Gasteiger partial charge in [0.1, 0.15) is 17.8 Å². The number of alkyl halides is 3. The molecule has 11 heteroatoms. The minimum Gasteiger partial charge on any atom is -0.394 e. The Morgan fingerprint density at radius 3 is 0.831 bits per heavy atom. The second-order valence-electron chi connectivity index (χ2n) is 25.7. The minimum absolute atomic E-state index is 0.108. The van der Waals surface area contributed by atoms with E-state index in [0.29, 0.717) is 25.9 Å². The zero-order chi connectivity index (χ0) is 61.7. The summed E-state index contributed by atoms with van der Waals surface area (Å²) in [6.07, 6.45) is 66.8. The Balaban J connectivity index is 0. The first-order valence-electron chi connectivity index (χ1n) is 36.5. The van der Waals surface area contributed by atoms with Gasteiger partial charge in [-0.15, -0.1) is 0 Å². The van der Waals surface area contributed by atoms with E-state index in [1.807, 2.05) is 0 Å². The van der Waals surface area contributed by atoms with Crippen LogP contribution in [-0.2, 0) is 14.3 Å². The summed E-state index contributed by atoms with van der Waals surface area (Å²) in [7, 11) is 0. The molecule has 1 amide bonds. The summed E-state index contributed by atoms with van der Waals surface area (Å²) in [4.78, 5) is 25.0. The van der Waals surface area contributed by atoms with E-state index < -0.39 is 39.7 Å². The third kappa shape index (κ3) is 51.3. The fourth-order valence-corrected chi connectivity index (χ4v) is 12.3. The van der Waals surface area contributed by atoms with Crippen molar-refractivity contribution < 1.29 is 34.8 Å². The molecule has 4 atom stereocenters. The molecule has 0 aliphatic carbocycles. The normalized spacial score (nSPS) is 14.1. The topological polar surface area (TPSA) is 150 Å². The number of ketones is 1. The number of rotatable bonds is 66. The van der Waals surface area contributed by atoms with Crippen molar-refractivity contribution in [2.45, 2.75) is 434 Å². The summed E-state index contributed by atoms with van der Waals surface area (Å²) in [5.41, 5.74) is 0.891. The number of aliphatic hydroxyl groups is 4. The molecule has 0 saturated carbocycles. The van der Waals surface area contributed by atoms with E-state index in [1.165, 1.54) is 276 Å². The van der Waals surface area contributed by atoms with Crippen LogP contribution in [0.5, 0.6) is 0 Å². The molecular formula is C72H142Cl3NO7. The Hall–Kier alpha value is -0.190. The number of primary amides is 1. The van der Waals surface area contributed by atoms with Gasteiger partial charge < -0.3 is 30.9 Å². The van der Waals surface area contributed by atoms with Crippen molar-refractivity contribution >= 4 is 46.5 Å². The molecular weight excluding hydrogens is 1100 g/mol. The number of nitrogens with two attached hydrogens (primary N) is 1. The molecule has 0 aliphatic heterocycles. The molecule has 498 valence electrons. The molecule has 0 saturated heterocycles. The zero-order valence-electron chi connectivity index (χ0n) is 55.5. The van der Waals surface area contributed by atoms with Gasteiger partial charge in [0, 0.05) is 13.0 Å². The Labute approximate surface area is 531 Å². The van der Waals surface area contributed by atoms with Crippen LogP contribution in [-0.4, -0.2) is 72.5 Å². The van der Waals surface area contributed by atoms with Crippen molar-refractivity contribution in [2.75, 3.05) is 13.2 Å². The molecule has 8 nitrogen and oxygen atoms in total. The quantitative estimate of drug-likeness (QED) is 0.0301. The standard InChI is InChI=1S/C70H140O6.C2H2Cl3NO/c1-5-9-13-17-21-25-29-33-37-41-45-49-53-57-61-67(73)70(63-59-55-51-47-43-39-35-31-27-23-19-15-11-7-3,76-64-60-56-52-48-44-40-36-32-28-24-20-16-12-8-4)69(75,68(74)66(72)65-71)62-58-54-50-46-42-38-34-30-26-22-18-14-10-6-2;3-2(4,5)1(6)7/h66,68,71-72,74-75H,5-65H2,1-4H3;(H2,6,7)/t66?,68?,69?,70-;/m0./s1. The Morgan fingerprint density at radius 2 is 0.590 bits per heavy atom.